The molecule has 0 saturated heterocycles. The van der Waals surface area contributed by atoms with Gasteiger partial charge in [-0.2, -0.15) is 10.1 Å². The maximum Gasteiger partial charge on any atom is 0.301 e. The van der Waals surface area contributed by atoms with Crippen LogP contribution in [0.15, 0.2) is 34.7 Å². The molecule has 0 atom stereocenters. The van der Waals surface area contributed by atoms with Gasteiger partial charge in [0.05, 0.1) is 5.69 Å². The van der Waals surface area contributed by atoms with Gasteiger partial charge < -0.3 is 4.42 Å². The molecular formula is C15H18N4O. The number of oxazole rings is 1. The number of hydrogen-bond donors (Lipinski definition) is 1. The molecule has 1 aromatic carbocycles. The molecule has 2 aromatic heterocycles. The third-order valence-corrected chi connectivity index (χ3v) is 3.18. The van der Waals surface area contributed by atoms with Crippen LogP contribution in [0.2, 0.25) is 0 Å². The summed E-state index contributed by atoms with van der Waals surface area (Å²) < 4.78 is 7.46. The Labute approximate surface area is 117 Å². The normalized spacial score (nSPS) is 12.0. The Bertz CT molecular complexity index is 716. The minimum Gasteiger partial charge on any atom is -0.423 e. The molecule has 0 aliphatic carbocycles. The van der Waals surface area contributed by atoms with Gasteiger partial charge in [0.15, 0.2) is 5.58 Å². The highest BCUT2D eigenvalue weighted by molar-refractivity contribution is 5.74. The Balaban J connectivity index is 1.93. The van der Waals surface area contributed by atoms with Gasteiger partial charge in [-0.3, -0.25) is 10.00 Å². The lowest BCUT2D eigenvalue weighted by atomic mass is 9.92. The van der Waals surface area contributed by atoms with Crippen molar-refractivity contribution < 1.29 is 4.42 Å². The van der Waals surface area contributed by atoms with Crippen molar-refractivity contribution >= 4 is 22.9 Å². The molecule has 5 nitrogen and oxygen atoms in total. The van der Waals surface area contributed by atoms with Crippen LogP contribution in [0, 0.1) is 0 Å². The summed E-state index contributed by atoms with van der Waals surface area (Å²) in [4.78, 5) is 4.40. The van der Waals surface area contributed by atoms with Gasteiger partial charge in [-0.15, -0.1) is 0 Å². The molecule has 20 heavy (non-hydrogen) atoms. The van der Waals surface area contributed by atoms with Crippen LogP contribution in [-0.2, 0) is 12.5 Å². The second kappa shape index (κ2) is 4.37. The minimum absolute atomic E-state index is 0.0129. The molecule has 3 rings (SSSR count). The van der Waals surface area contributed by atoms with Crippen molar-refractivity contribution in [2.45, 2.75) is 26.2 Å². The van der Waals surface area contributed by atoms with Crippen LogP contribution in [0.5, 0.6) is 0 Å². The van der Waals surface area contributed by atoms with Crippen LogP contribution < -0.4 is 5.32 Å². The number of aryl methyl sites for hydroxylation is 1. The monoisotopic (exact) mass is 270 g/mol. The van der Waals surface area contributed by atoms with Gasteiger partial charge in [-0.25, -0.2) is 0 Å². The average Bonchev–Trinajstić information content (AvgIpc) is 2.93. The molecular weight excluding hydrogens is 252 g/mol. The highest BCUT2D eigenvalue weighted by Gasteiger charge is 2.19. The van der Waals surface area contributed by atoms with Gasteiger partial charge in [-0.05, 0) is 12.1 Å². The van der Waals surface area contributed by atoms with Gasteiger partial charge in [0.2, 0.25) is 0 Å². The molecule has 0 aliphatic rings. The minimum atomic E-state index is 0.0129. The van der Waals surface area contributed by atoms with E-state index in [-0.39, 0.29) is 5.41 Å². The van der Waals surface area contributed by atoms with E-state index in [1.807, 2.05) is 37.4 Å². The van der Waals surface area contributed by atoms with E-state index >= 15 is 0 Å². The quantitative estimate of drug-likeness (QED) is 0.773. The fourth-order valence-electron chi connectivity index (χ4n) is 1.99. The van der Waals surface area contributed by atoms with Crippen LogP contribution in [0.4, 0.5) is 11.8 Å². The Morgan fingerprint density at radius 3 is 2.60 bits per heavy atom. The highest BCUT2D eigenvalue weighted by Crippen LogP contribution is 2.26. The van der Waals surface area contributed by atoms with E-state index < -0.39 is 0 Å². The summed E-state index contributed by atoms with van der Waals surface area (Å²) in [5.41, 5.74) is 2.65. The molecule has 3 aromatic rings. The van der Waals surface area contributed by atoms with E-state index in [1.54, 1.807) is 4.68 Å². The SMILES string of the molecule is Cn1nc(C(C)(C)C)cc1Nc1nc2ccccc2o1. The van der Waals surface area contributed by atoms with Crippen LogP contribution in [0.3, 0.4) is 0 Å². The molecule has 0 fully saturated rings. The molecule has 0 bridgehead atoms. The van der Waals surface area contributed by atoms with E-state index in [0.717, 1.165) is 22.6 Å². The van der Waals surface area contributed by atoms with Crippen molar-refractivity contribution in [3.05, 3.63) is 36.0 Å². The van der Waals surface area contributed by atoms with E-state index in [2.05, 4.69) is 36.2 Å². The topological polar surface area (TPSA) is 55.9 Å². The molecule has 0 radical (unpaired) electrons. The molecule has 0 spiro atoms. The number of hydrogen-bond acceptors (Lipinski definition) is 4. The van der Waals surface area contributed by atoms with E-state index in [0.29, 0.717) is 6.01 Å². The summed E-state index contributed by atoms with van der Waals surface area (Å²) >= 11 is 0. The summed E-state index contributed by atoms with van der Waals surface area (Å²) in [6.45, 7) is 6.41. The zero-order chi connectivity index (χ0) is 14.3. The van der Waals surface area contributed by atoms with Gasteiger partial charge in [0.1, 0.15) is 11.3 Å². The summed E-state index contributed by atoms with van der Waals surface area (Å²) in [5, 5.41) is 7.69. The molecule has 0 saturated carbocycles. The van der Waals surface area contributed by atoms with Gasteiger partial charge in [0.25, 0.3) is 0 Å². The first-order chi connectivity index (χ1) is 9.43. The van der Waals surface area contributed by atoms with Crippen molar-refractivity contribution in [1.82, 2.24) is 14.8 Å². The fraction of sp³-hybridized carbons (Fsp3) is 0.333. The lowest BCUT2D eigenvalue weighted by Gasteiger charge is -2.13. The fourth-order valence-corrected chi connectivity index (χ4v) is 1.99. The van der Waals surface area contributed by atoms with Crippen molar-refractivity contribution in [1.29, 1.82) is 0 Å². The lowest BCUT2D eigenvalue weighted by Crippen LogP contribution is -2.12. The van der Waals surface area contributed by atoms with E-state index in [4.69, 9.17) is 4.42 Å². The van der Waals surface area contributed by atoms with Crippen molar-refractivity contribution in [2.75, 3.05) is 5.32 Å². The first-order valence-corrected chi connectivity index (χ1v) is 6.60. The van der Waals surface area contributed by atoms with Gasteiger partial charge in [-0.1, -0.05) is 32.9 Å². The van der Waals surface area contributed by atoms with Crippen LogP contribution in [-0.4, -0.2) is 14.8 Å². The van der Waals surface area contributed by atoms with Crippen LogP contribution in [0.1, 0.15) is 26.5 Å². The van der Waals surface area contributed by atoms with Crippen LogP contribution in [0.25, 0.3) is 11.1 Å². The molecule has 0 unspecified atom stereocenters. The average molecular weight is 270 g/mol. The van der Waals surface area contributed by atoms with Crippen molar-refractivity contribution in [3.63, 3.8) is 0 Å². The summed E-state index contributed by atoms with van der Waals surface area (Å²) in [6, 6.07) is 10.2. The van der Waals surface area contributed by atoms with Crippen molar-refractivity contribution in [2.24, 2.45) is 7.05 Å². The van der Waals surface area contributed by atoms with Gasteiger partial charge in [0, 0.05) is 18.5 Å². The predicted molar refractivity (Wildman–Crippen MR) is 79.2 cm³/mol. The predicted octanol–water partition coefficient (Wildman–Crippen LogP) is 3.60. The molecule has 2 heterocycles. The number of nitrogens with one attached hydrogen (secondary N) is 1. The molecule has 5 heteroatoms. The molecule has 1 N–H and O–H groups in total. The molecule has 104 valence electrons. The standard InChI is InChI=1S/C15H18N4O/c1-15(2,3)12-9-13(19(4)18-12)17-14-16-10-7-5-6-8-11(10)20-14/h5-9H,1-4H3,(H,16,17). The number of para-hydroxylation sites is 2. The van der Waals surface area contributed by atoms with Crippen LogP contribution >= 0.6 is 0 Å². The largest absolute Gasteiger partial charge is 0.423 e. The number of fused-ring (bicyclic) bond motifs is 1. The smallest absolute Gasteiger partial charge is 0.301 e. The van der Waals surface area contributed by atoms with Crippen molar-refractivity contribution in [3.8, 4) is 0 Å². The zero-order valence-electron chi connectivity index (χ0n) is 12.1. The zero-order valence-corrected chi connectivity index (χ0v) is 12.1. The maximum atomic E-state index is 5.66. The number of nitrogens with zero attached hydrogens (tertiary/aromatic N) is 3. The third kappa shape index (κ3) is 2.27. The first-order valence-electron chi connectivity index (χ1n) is 6.60. The Kier molecular flexibility index (Phi) is 2.78. The summed E-state index contributed by atoms with van der Waals surface area (Å²) in [6.07, 6.45) is 0. The second-order valence-corrected chi connectivity index (χ2v) is 5.90. The summed E-state index contributed by atoms with van der Waals surface area (Å²) in [7, 11) is 1.90. The number of benzene rings is 1. The molecule has 0 aliphatic heterocycles. The van der Waals surface area contributed by atoms with E-state index in [1.165, 1.54) is 0 Å². The lowest BCUT2D eigenvalue weighted by molar-refractivity contribution is 0.553. The molecule has 0 amide bonds. The number of rotatable bonds is 2. The highest BCUT2D eigenvalue weighted by atomic mass is 16.4. The van der Waals surface area contributed by atoms with Gasteiger partial charge >= 0.3 is 6.01 Å². The third-order valence-electron chi connectivity index (χ3n) is 3.18. The number of anilines is 2. The first kappa shape index (κ1) is 12.7. The number of aromatic nitrogens is 3. The Morgan fingerprint density at radius 1 is 1.20 bits per heavy atom. The van der Waals surface area contributed by atoms with E-state index in [9.17, 15) is 0 Å². The summed E-state index contributed by atoms with van der Waals surface area (Å²) in [5.74, 6) is 0.862. The second-order valence-electron chi connectivity index (χ2n) is 5.90. The maximum absolute atomic E-state index is 5.66. The Morgan fingerprint density at radius 2 is 1.95 bits per heavy atom. The Hall–Kier alpha value is -2.30.